The topological polar surface area (TPSA) is 62.0 Å². The van der Waals surface area contributed by atoms with E-state index in [4.69, 9.17) is 23.2 Å². The highest BCUT2D eigenvalue weighted by Gasteiger charge is 2.21. The monoisotopic (exact) mass is 382 g/mol. The Kier molecular flexibility index (Phi) is 4.88. The standard InChI is InChI=1S/C17H16Cl2N2O2S/c1-11(8-12-10-20-16-5-3-2-4-14(12)16)21-24(22,23)17-9-13(18)6-7-15(17)19/h2-7,9-11,20-21H,8H2,1H3. The van der Waals surface area contributed by atoms with E-state index in [0.29, 0.717) is 11.4 Å². The highest BCUT2D eigenvalue weighted by Crippen LogP contribution is 2.25. The summed E-state index contributed by atoms with van der Waals surface area (Å²) < 4.78 is 27.8. The molecule has 0 aliphatic rings. The van der Waals surface area contributed by atoms with Crippen molar-refractivity contribution in [1.29, 1.82) is 0 Å². The molecule has 126 valence electrons. The molecular formula is C17H16Cl2N2O2S. The summed E-state index contributed by atoms with van der Waals surface area (Å²) in [7, 11) is -3.75. The van der Waals surface area contributed by atoms with Gasteiger partial charge in [0.05, 0.1) is 5.02 Å². The van der Waals surface area contributed by atoms with Gasteiger partial charge in [0.15, 0.2) is 0 Å². The van der Waals surface area contributed by atoms with E-state index in [1.807, 2.05) is 37.4 Å². The lowest BCUT2D eigenvalue weighted by Gasteiger charge is -2.15. The zero-order valence-electron chi connectivity index (χ0n) is 12.9. The number of halogens is 2. The molecule has 2 N–H and O–H groups in total. The molecule has 1 atom stereocenters. The molecule has 1 heterocycles. The van der Waals surface area contributed by atoms with E-state index in [1.165, 1.54) is 12.1 Å². The Morgan fingerprint density at radius 3 is 2.71 bits per heavy atom. The van der Waals surface area contributed by atoms with Gasteiger partial charge in [-0.2, -0.15) is 0 Å². The quantitative estimate of drug-likeness (QED) is 0.687. The maximum Gasteiger partial charge on any atom is 0.242 e. The first-order chi connectivity index (χ1) is 11.4. The second-order valence-electron chi connectivity index (χ2n) is 5.66. The van der Waals surface area contributed by atoms with Crippen molar-refractivity contribution in [2.75, 3.05) is 0 Å². The maximum atomic E-state index is 12.5. The Balaban J connectivity index is 1.81. The fourth-order valence-corrected chi connectivity index (χ4v) is 4.69. The molecule has 0 fully saturated rings. The summed E-state index contributed by atoms with van der Waals surface area (Å²) in [5, 5.41) is 1.56. The van der Waals surface area contributed by atoms with E-state index >= 15 is 0 Å². The smallest absolute Gasteiger partial charge is 0.242 e. The largest absolute Gasteiger partial charge is 0.361 e. The summed E-state index contributed by atoms with van der Waals surface area (Å²) in [4.78, 5) is 3.18. The van der Waals surface area contributed by atoms with Crippen LogP contribution in [0.2, 0.25) is 10.0 Å². The van der Waals surface area contributed by atoms with Crippen LogP contribution in [-0.4, -0.2) is 19.4 Å². The van der Waals surface area contributed by atoms with Crippen LogP contribution in [0.1, 0.15) is 12.5 Å². The van der Waals surface area contributed by atoms with Crippen LogP contribution in [0.4, 0.5) is 0 Å². The first kappa shape index (κ1) is 17.3. The molecule has 0 amide bonds. The molecule has 1 aromatic heterocycles. The van der Waals surface area contributed by atoms with Crippen LogP contribution in [0.25, 0.3) is 10.9 Å². The average molecular weight is 383 g/mol. The van der Waals surface area contributed by atoms with Crippen molar-refractivity contribution in [1.82, 2.24) is 9.71 Å². The number of para-hydroxylation sites is 1. The maximum absolute atomic E-state index is 12.5. The van der Waals surface area contributed by atoms with Gasteiger partial charge in [0, 0.05) is 28.2 Å². The summed E-state index contributed by atoms with van der Waals surface area (Å²) in [6.45, 7) is 1.82. The minimum Gasteiger partial charge on any atom is -0.361 e. The van der Waals surface area contributed by atoms with Gasteiger partial charge in [0.1, 0.15) is 4.90 Å². The van der Waals surface area contributed by atoms with Gasteiger partial charge in [-0.3, -0.25) is 0 Å². The van der Waals surface area contributed by atoms with Crippen molar-refractivity contribution in [2.45, 2.75) is 24.3 Å². The molecule has 0 aliphatic carbocycles. The lowest BCUT2D eigenvalue weighted by Crippen LogP contribution is -2.34. The minimum atomic E-state index is -3.75. The van der Waals surface area contributed by atoms with Crippen LogP contribution in [0.5, 0.6) is 0 Å². The highest BCUT2D eigenvalue weighted by atomic mass is 35.5. The molecular weight excluding hydrogens is 367 g/mol. The van der Waals surface area contributed by atoms with Gasteiger partial charge in [-0.25, -0.2) is 13.1 Å². The Bertz CT molecular complexity index is 983. The molecule has 0 radical (unpaired) electrons. The Morgan fingerprint density at radius 1 is 1.17 bits per heavy atom. The van der Waals surface area contributed by atoms with Gasteiger partial charge >= 0.3 is 0 Å². The average Bonchev–Trinajstić information content (AvgIpc) is 2.92. The molecule has 1 unspecified atom stereocenters. The fraction of sp³-hybridized carbons (Fsp3) is 0.176. The fourth-order valence-electron chi connectivity index (χ4n) is 2.68. The number of nitrogens with one attached hydrogen (secondary N) is 2. The predicted molar refractivity (Wildman–Crippen MR) is 98.2 cm³/mol. The van der Waals surface area contributed by atoms with Crippen LogP contribution in [0.3, 0.4) is 0 Å². The lowest BCUT2D eigenvalue weighted by atomic mass is 10.1. The number of benzene rings is 2. The summed E-state index contributed by atoms with van der Waals surface area (Å²) >= 11 is 11.9. The molecule has 0 spiro atoms. The Morgan fingerprint density at radius 2 is 1.92 bits per heavy atom. The molecule has 0 aliphatic heterocycles. The number of aromatic nitrogens is 1. The van der Waals surface area contributed by atoms with Crippen LogP contribution in [0.15, 0.2) is 53.6 Å². The van der Waals surface area contributed by atoms with E-state index in [9.17, 15) is 8.42 Å². The van der Waals surface area contributed by atoms with Crippen molar-refractivity contribution < 1.29 is 8.42 Å². The normalized spacial score (nSPS) is 13.3. The van der Waals surface area contributed by atoms with E-state index in [-0.39, 0.29) is 16.0 Å². The molecule has 7 heteroatoms. The molecule has 24 heavy (non-hydrogen) atoms. The zero-order valence-corrected chi connectivity index (χ0v) is 15.2. The molecule has 3 rings (SSSR count). The molecule has 0 saturated carbocycles. The number of rotatable bonds is 5. The number of sulfonamides is 1. The van der Waals surface area contributed by atoms with Crippen molar-refractivity contribution in [2.24, 2.45) is 0 Å². The second-order valence-corrected chi connectivity index (χ2v) is 8.19. The summed E-state index contributed by atoms with van der Waals surface area (Å²) in [6.07, 6.45) is 2.46. The van der Waals surface area contributed by atoms with E-state index < -0.39 is 10.0 Å². The van der Waals surface area contributed by atoms with Gasteiger partial charge in [-0.15, -0.1) is 0 Å². The van der Waals surface area contributed by atoms with Crippen LogP contribution in [0, 0.1) is 0 Å². The van der Waals surface area contributed by atoms with E-state index in [1.54, 1.807) is 6.07 Å². The SMILES string of the molecule is CC(Cc1c[nH]c2ccccc12)NS(=O)(=O)c1cc(Cl)ccc1Cl. The van der Waals surface area contributed by atoms with E-state index in [2.05, 4.69) is 9.71 Å². The third-order valence-corrected chi connectivity index (χ3v) is 6.05. The van der Waals surface area contributed by atoms with Gasteiger partial charge < -0.3 is 4.98 Å². The highest BCUT2D eigenvalue weighted by molar-refractivity contribution is 7.89. The Labute approximate surface area is 150 Å². The van der Waals surface area contributed by atoms with Crippen molar-refractivity contribution in [3.63, 3.8) is 0 Å². The number of aromatic amines is 1. The number of hydrogen-bond donors (Lipinski definition) is 2. The van der Waals surface area contributed by atoms with Gasteiger partial charge in [0.25, 0.3) is 0 Å². The lowest BCUT2D eigenvalue weighted by molar-refractivity contribution is 0.560. The predicted octanol–water partition coefficient (Wildman–Crippen LogP) is 4.38. The van der Waals surface area contributed by atoms with Crippen LogP contribution >= 0.6 is 23.2 Å². The first-order valence-electron chi connectivity index (χ1n) is 7.39. The first-order valence-corrected chi connectivity index (χ1v) is 9.63. The zero-order chi connectivity index (χ0) is 17.3. The second kappa shape index (κ2) is 6.76. The van der Waals surface area contributed by atoms with E-state index in [0.717, 1.165) is 16.5 Å². The molecule has 0 bridgehead atoms. The van der Waals surface area contributed by atoms with Gasteiger partial charge in [-0.05, 0) is 43.2 Å². The summed E-state index contributed by atoms with van der Waals surface area (Å²) in [5.74, 6) is 0. The summed E-state index contributed by atoms with van der Waals surface area (Å²) in [5.41, 5.74) is 2.08. The minimum absolute atomic E-state index is 0.0116. The Hall–Kier alpha value is -1.53. The molecule has 3 aromatic rings. The van der Waals surface area contributed by atoms with Crippen LogP contribution in [-0.2, 0) is 16.4 Å². The van der Waals surface area contributed by atoms with Crippen molar-refractivity contribution in [3.05, 3.63) is 64.3 Å². The third kappa shape index (κ3) is 3.59. The molecule has 4 nitrogen and oxygen atoms in total. The van der Waals surface area contributed by atoms with Crippen molar-refractivity contribution in [3.8, 4) is 0 Å². The van der Waals surface area contributed by atoms with Crippen LogP contribution < -0.4 is 4.72 Å². The number of H-pyrrole nitrogens is 1. The van der Waals surface area contributed by atoms with Gasteiger partial charge in [-0.1, -0.05) is 41.4 Å². The summed E-state index contributed by atoms with van der Waals surface area (Å²) in [6, 6.07) is 12.0. The molecule has 0 saturated heterocycles. The van der Waals surface area contributed by atoms with Crippen molar-refractivity contribution >= 4 is 44.1 Å². The molecule has 2 aromatic carbocycles. The third-order valence-electron chi connectivity index (χ3n) is 3.74. The number of fused-ring (bicyclic) bond motifs is 1. The number of hydrogen-bond acceptors (Lipinski definition) is 2. The van der Waals surface area contributed by atoms with Gasteiger partial charge in [0.2, 0.25) is 10.0 Å².